The molecule has 1 atom stereocenters. The molecule has 0 aliphatic carbocycles. The molecular formula is C8H8ClO4P. The van der Waals surface area contributed by atoms with Crippen LogP contribution in [0.25, 0.3) is 0 Å². The highest BCUT2D eigenvalue weighted by Crippen LogP contribution is 2.19. The number of benzene rings is 1. The molecule has 1 unspecified atom stereocenters. The lowest BCUT2D eigenvalue weighted by Gasteiger charge is -2.01. The molecule has 0 saturated heterocycles. The van der Waals surface area contributed by atoms with Gasteiger partial charge in [0.05, 0.1) is 5.02 Å². The molecule has 0 saturated carbocycles. The van der Waals surface area contributed by atoms with Gasteiger partial charge < -0.3 is 9.42 Å². The normalized spacial score (nSPS) is 12.4. The Morgan fingerprint density at radius 3 is 2.71 bits per heavy atom. The highest BCUT2D eigenvalue weighted by atomic mass is 35.5. The molecule has 4 nitrogen and oxygen atoms in total. The Morgan fingerprint density at radius 1 is 1.50 bits per heavy atom. The Bertz CT molecular complexity index is 366. The van der Waals surface area contributed by atoms with Gasteiger partial charge in [0.1, 0.15) is 6.61 Å². The van der Waals surface area contributed by atoms with Crippen LogP contribution in [0.3, 0.4) is 0 Å². The molecule has 6 heteroatoms. The lowest BCUT2D eigenvalue weighted by molar-refractivity contribution is 0.0917. The highest BCUT2D eigenvalue weighted by Gasteiger charge is 2.10. The third-order valence-corrected chi connectivity index (χ3v) is 2.22. The molecule has 76 valence electrons. The maximum Gasteiger partial charge on any atom is 0.317 e. The summed E-state index contributed by atoms with van der Waals surface area (Å²) in [7, 11) is -3.06. The van der Waals surface area contributed by atoms with Gasteiger partial charge >= 0.3 is 8.25 Å². The summed E-state index contributed by atoms with van der Waals surface area (Å²) in [5.41, 5.74) is 0.289. The van der Waals surface area contributed by atoms with E-state index in [0.29, 0.717) is 5.02 Å². The van der Waals surface area contributed by atoms with Crippen molar-refractivity contribution in [3.8, 4) is 0 Å². The summed E-state index contributed by atoms with van der Waals surface area (Å²) in [6, 6.07) is 6.44. The molecular weight excluding hydrogens is 227 g/mol. The number of hydrogen-bond donors (Lipinski definition) is 1. The van der Waals surface area contributed by atoms with Crippen LogP contribution < -0.4 is 0 Å². The van der Waals surface area contributed by atoms with Crippen molar-refractivity contribution in [1.29, 1.82) is 0 Å². The van der Waals surface area contributed by atoms with Gasteiger partial charge in [-0.05, 0) is 12.1 Å². The van der Waals surface area contributed by atoms with E-state index in [1.165, 1.54) is 6.07 Å². The van der Waals surface area contributed by atoms with Crippen molar-refractivity contribution in [3.05, 3.63) is 34.9 Å². The van der Waals surface area contributed by atoms with Crippen molar-refractivity contribution in [2.45, 2.75) is 0 Å². The summed E-state index contributed by atoms with van der Waals surface area (Å²) in [5, 5.41) is 0.304. The smallest absolute Gasteiger partial charge is 0.317 e. The standard InChI is InChI=1S/C8H8ClO4P/c9-7-4-2-1-3-6(7)8(10)5-13-14(11)12/h1-4,14H,5H2,(H,11,12). The van der Waals surface area contributed by atoms with Crippen LogP contribution in [0.5, 0.6) is 0 Å². The second kappa shape index (κ2) is 5.27. The number of ketones is 1. The van der Waals surface area contributed by atoms with Crippen LogP contribution in [0, 0.1) is 0 Å². The van der Waals surface area contributed by atoms with Crippen LogP contribution in [-0.4, -0.2) is 17.3 Å². The third-order valence-electron chi connectivity index (χ3n) is 1.50. The lowest BCUT2D eigenvalue weighted by Crippen LogP contribution is -2.06. The number of rotatable bonds is 4. The van der Waals surface area contributed by atoms with Gasteiger partial charge in [-0.15, -0.1) is 0 Å². The zero-order chi connectivity index (χ0) is 10.6. The van der Waals surface area contributed by atoms with E-state index < -0.39 is 20.6 Å². The summed E-state index contributed by atoms with van der Waals surface area (Å²) in [4.78, 5) is 19.7. The van der Waals surface area contributed by atoms with Crippen molar-refractivity contribution >= 4 is 25.6 Å². The summed E-state index contributed by atoms with van der Waals surface area (Å²) >= 11 is 5.73. The predicted octanol–water partition coefficient (Wildman–Crippen LogP) is 1.92. The average molecular weight is 235 g/mol. The number of hydrogen-bond acceptors (Lipinski definition) is 3. The van der Waals surface area contributed by atoms with Crippen molar-refractivity contribution < 1.29 is 18.8 Å². The Balaban J connectivity index is 2.70. The summed E-state index contributed by atoms with van der Waals surface area (Å²) in [6.07, 6.45) is 0. The fraction of sp³-hybridized carbons (Fsp3) is 0.125. The number of halogens is 1. The molecule has 1 aromatic rings. The minimum absolute atomic E-state index is 0.289. The fourth-order valence-electron chi connectivity index (χ4n) is 0.892. The third kappa shape index (κ3) is 3.24. The first-order valence-corrected chi connectivity index (χ1v) is 5.39. The van der Waals surface area contributed by atoms with Crippen LogP contribution in [0.2, 0.25) is 5.02 Å². The molecule has 1 rings (SSSR count). The van der Waals surface area contributed by atoms with Gasteiger partial charge in [-0.1, -0.05) is 23.7 Å². The molecule has 1 N–H and O–H groups in total. The maximum atomic E-state index is 11.3. The van der Waals surface area contributed by atoms with Gasteiger partial charge in [-0.3, -0.25) is 9.36 Å². The molecule has 0 fully saturated rings. The van der Waals surface area contributed by atoms with E-state index in [1.807, 2.05) is 0 Å². The average Bonchev–Trinajstić information content (AvgIpc) is 2.15. The summed E-state index contributed by atoms with van der Waals surface area (Å²) in [5.74, 6) is -0.414. The highest BCUT2D eigenvalue weighted by molar-refractivity contribution is 7.32. The molecule has 0 amide bonds. The Morgan fingerprint density at radius 2 is 2.14 bits per heavy atom. The van der Waals surface area contributed by atoms with Crippen LogP contribution in [0.15, 0.2) is 24.3 Å². The van der Waals surface area contributed by atoms with Gasteiger partial charge in [0.2, 0.25) is 0 Å². The number of carbonyl (C=O) groups is 1. The van der Waals surface area contributed by atoms with E-state index in [1.54, 1.807) is 18.2 Å². The zero-order valence-corrected chi connectivity index (χ0v) is 8.82. The first kappa shape index (κ1) is 11.4. The minimum Gasteiger partial charge on any atom is -0.326 e. The molecule has 14 heavy (non-hydrogen) atoms. The Kier molecular flexibility index (Phi) is 4.29. The molecule has 0 aromatic heterocycles. The second-order valence-electron chi connectivity index (χ2n) is 2.46. The second-order valence-corrected chi connectivity index (χ2v) is 3.69. The topological polar surface area (TPSA) is 63.6 Å². The van der Waals surface area contributed by atoms with Gasteiger partial charge in [-0.25, -0.2) is 0 Å². The van der Waals surface area contributed by atoms with E-state index in [4.69, 9.17) is 16.5 Å². The summed E-state index contributed by atoms with van der Waals surface area (Å²) in [6.45, 7) is -0.433. The van der Waals surface area contributed by atoms with Crippen molar-refractivity contribution in [2.75, 3.05) is 6.61 Å². The molecule has 0 aliphatic heterocycles. The minimum atomic E-state index is -3.06. The predicted molar refractivity (Wildman–Crippen MR) is 53.0 cm³/mol. The van der Waals surface area contributed by atoms with Crippen LogP contribution in [0.4, 0.5) is 0 Å². The SMILES string of the molecule is O=C(CO[PH](=O)O)c1ccccc1Cl. The monoisotopic (exact) mass is 234 g/mol. The molecule has 0 aliphatic rings. The van der Waals surface area contributed by atoms with Crippen LogP contribution in [-0.2, 0) is 9.09 Å². The van der Waals surface area contributed by atoms with E-state index in [-0.39, 0.29) is 5.56 Å². The van der Waals surface area contributed by atoms with Gasteiger partial charge in [0.15, 0.2) is 5.78 Å². The van der Waals surface area contributed by atoms with E-state index >= 15 is 0 Å². The van der Waals surface area contributed by atoms with Crippen molar-refractivity contribution in [2.24, 2.45) is 0 Å². The van der Waals surface area contributed by atoms with E-state index in [0.717, 1.165) is 0 Å². The molecule has 0 heterocycles. The number of Topliss-reactive ketones (excluding diaryl/α,β-unsaturated/α-hetero) is 1. The molecule has 0 spiro atoms. The van der Waals surface area contributed by atoms with E-state index in [9.17, 15) is 9.36 Å². The van der Waals surface area contributed by atoms with E-state index in [2.05, 4.69) is 4.52 Å². The Hall–Kier alpha value is -0.670. The molecule has 0 radical (unpaired) electrons. The first-order chi connectivity index (χ1) is 6.61. The largest absolute Gasteiger partial charge is 0.326 e. The quantitative estimate of drug-likeness (QED) is 0.639. The van der Waals surface area contributed by atoms with Gasteiger partial charge in [0, 0.05) is 5.56 Å². The molecule has 1 aromatic carbocycles. The Labute approximate surface area is 86.4 Å². The molecule has 0 bridgehead atoms. The van der Waals surface area contributed by atoms with Crippen LogP contribution >= 0.6 is 19.9 Å². The lowest BCUT2D eigenvalue weighted by atomic mass is 10.1. The first-order valence-electron chi connectivity index (χ1n) is 3.74. The zero-order valence-electron chi connectivity index (χ0n) is 7.07. The van der Waals surface area contributed by atoms with Crippen molar-refractivity contribution in [3.63, 3.8) is 0 Å². The van der Waals surface area contributed by atoms with Crippen LogP contribution in [0.1, 0.15) is 10.4 Å². The van der Waals surface area contributed by atoms with Gasteiger partial charge in [0.25, 0.3) is 0 Å². The maximum absolute atomic E-state index is 11.3. The van der Waals surface area contributed by atoms with Crippen molar-refractivity contribution in [1.82, 2.24) is 0 Å². The number of carbonyl (C=O) groups excluding carboxylic acids is 1. The van der Waals surface area contributed by atoms with Gasteiger partial charge in [-0.2, -0.15) is 0 Å². The summed E-state index contributed by atoms with van der Waals surface area (Å²) < 4.78 is 14.5. The fourth-order valence-corrected chi connectivity index (χ4v) is 1.39.